The summed E-state index contributed by atoms with van der Waals surface area (Å²) >= 11 is 6.98. The largest absolute Gasteiger partial charge is 0.337 e. The number of nitrogens with zero attached hydrogens (tertiary/aromatic N) is 2. The molecule has 0 bridgehead atoms. The summed E-state index contributed by atoms with van der Waals surface area (Å²) < 4.78 is 2.02. The lowest BCUT2D eigenvalue weighted by atomic mass is 10.2. The topological polar surface area (TPSA) is 41.6 Å². The molecule has 0 aliphatic rings. The average Bonchev–Trinajstić information content (AvgIpc) is 2.75. The minimum absolute atomic E-state index is 0.731. The standard InChI is InChI=1S/C12H7Br2N3/c13-7-3-4-9(14)8(6-7)11-16-10-2-1-5-15-12(10)17-11/h1-6H,(H,15,16,17). The third-order valence-electron chi connectivity index (χ3n) is 2.44. The van der Waals surface area contributed by atoms with E-state index in [9.17, 15) is 0 Å². The molecule has 5 heteroatoms. The summed E-state index contributed by atoms with van der Waals surface area (Å²) in [5.41, 5.74) is 2.68. The molecule has 0 radical (unpaired) electrons. The maximum Gasteiger partial charge on any atom is 0.178 e. The molecule has 0 aliphatic carbocycles. The van der Waals surface area contributed by atoms with Crippen LogP contribution in [-0.4, -0.2) is 15.0 Å². The number of hydrogen-bond donors (Lipinski definition) is 1. The van der Waals surface area contributed by atoms with Gasteiger partial charge in [0.25, 0.3) is 0 Å². The third-order valence-corrected chi connectivity index (χ3v) is 3.63. The first-order valence-corrected chi connectivity index (χ1v) is 6.59. The molecule has 0 saturated carbocycles. The second-order valence-electron chi connectivity index (χ2n) is 3.58. The highest BCUT2D eigenvalue weighted by Crippen LogP contribution is 2.30. The van der Waals surface area contributed by atoms with Crippen molar-refractivity contribution in [3.05, 3.63) is 45.5 Å². The van der Waals surface area contributed by atoms with Gasteiger partial charge in [0.05, 0.1) is 5.52 Å². The van der Waals surface area contributed by atoms with Gasteiger partial charge in [-0.1, -0.05) is 31.9 Å². The lowest BCUT2D eigenvalue weighted by Gasteiger charge is -2.00. The molecule has 1 aromatic carbocycles. The van der Waals surface area contributed by atoms with Crippen LogP contribution in [0.3, 0.4) is 0 Å². The summed E-state index contributed by atoms with van der Waals surface area (Å²) in [4.78, 5) is 11.9. The van der Waals surface area contributed by atoms with Crippen LogP contribution in [0.2, 0.25) is 0 Å². The summed E-state index contributed by atoms with van der Waals surface area (Å²) in [5.74, 6) is 0.812. The minimum atomic E-state index is 0.731. The number of benzene rings is 1. The Bertz CT molecular complexity index is 658. The van der Waals surface area contributed by atoms with E-state index in [1.807, 2.05) is 30.3 Å². The van der Waals surface area contributed by atoms with E-state index in [0.717, 1.165) is 31.5 Å². The van der Waals surface area contributed by atoms with Gasteiger partial charge in [0.2, 0.25) is 0 Å². The fourth-order valence-electron chi connectivity index (χ4n) is 1.65. The van der Waals surface area contributed by atoms with Gasteiger partial charge in [-0.2, -0.15) is 0 Å². The van der Waals surface area contributed by atoms with Crippen molar-refractivity contribution in [2.75, 3.05) is 0 Å². The lowest BCUT2D eigenvalue weighted by Crippen LogP contribution is -1.82. The maximum absolute atomic E-state index is 4.47. The Hall–Kier alpha value is -1.20. The zero-order valence-corrected chi connectivity index (χ0v) is 11.8. The predicted molar refractivity (Wildman–Crippen MR) is 74.7 cm³/mol. The maximum atomic E-state index is 4.47. The van der Waals surface area contributed by atoms with Crippen molar-refractivity contribution in [3.8, 4) is 11.4 Å². The molecule has 0 spiro atoms. The molecule has 1 N–H and O–H groups in total. The van der Waals surface area contributed by atoms with E-state index < -0.39 is 0 Å². The fraction of sp³-hybridized carbons (Fsp3) is 0. The summed E-state index contributed by atoms with van der Waals surface area (Å²) in [6.07, 6.45) is 1.74. The quantitative estimate of drug-likeness (QED) is 0.714. The van der Waals surface area contributed by atoms with Gasteiger partial charge in [-0.15, -0.1) is 0 Å². The molecule has 2 heterocycles. The minimum Gasteiger partial charge on any atom is -0.337 e. The van der Waals surface area contributed by atoms with Crippen molar-refractivity contribution in [2.24, 2.45) is 0 Å². The van der Waals surface area contributed by atoms with Crippen LogP contribution < -0.4 is 0 Å². The predicted octanol–water partition coefficient (Wildman–Crippen LogP) is 4.15. The lowest BCUT2D eigenvalue weighted by molar-refractivity contribution is 1.29. The fourth-order valence-corrected chi connectivity index (χ4v) is 2.45. The molecule has 3 aromatic rings. The van der Waals surface area contributed by atoms with Crippen molar-refractivity contribution >= 4 is 43.0 Å². The van der Waals surface area contributed by atoms with Gasteiger partial charge in [-0.05, 0) is 30.3 Å². The molecule has 0 unspecified atom stereocenters. The second-order valence-corrected chi connectivity index (χ2v) is 5.35. The first kappa shape index (κ1) is 10.9. The van der Waals surface area contributed by atoms with Crippen LogP contribution in [0.5, 0.6) is 0 Å². The van der Waals surface area contributed by atoms with Crippen molar-refractivity contribution in [1.82, 2.24) is 15.0 Å². The number of aromatic nitrogens is 3. The van der Waals surface area contributed by atoms with Crippen LogP contribution in [-0.2, 0) is 0 Å². The van der Waals surface area contributed by atoms with Gasteiger partial charge >= 0.3 is 0 Å². The monoisotopic (exact) mass is 351 g/mol. The molecule has 3 nitrogen and oxygen atoms in total. The number of halogens is 2. The average molecular weight is 353 g/mol. The second kappa shape index (κ2) is 4.23. The van der Waals surface area contributed by atoms with Crippen molar-refractivity contribution in [3.63, 3.8) is 0 Å². The Morgan fingerprint density at radius 2 is 2.00 bits per heavy atom. The highest BCUT2D eigenvalue weighted by atomic mass is 79.9. The Morgan fingerprint density at radius 1 is 1.12 bits per heavy atom. The van der Waals surface area contributed by atoms with Crippen LogP contribution in [0.25, 0.3) is 22.6 Å². The highest BCUT2D eigenvalue weighted by molar-refractivity contribution is 9.11. The number of aromatic amines is 1. The van der Waals surface area contributed by atoms with E-state index in [-0.39, 0.29) is 0 Å². The van der Waals surface area contributed by atoms with E-state index >= 15 is 0 Å². The highest BCUT2D eigenvalue weighted by Gasteiger charge is 2.09. The van der Waals surface area contributed by atoms with Gasteiger partial charge in [0.1, 0.15) is 5.82 Å². The van der Waals surface area contributed by atoms with Gasteiger partial charge in [-0.25, -0.2) is 9.97 Å². The Balaban J connectivity index is 2.23. The van der Waals surface area contributed by atoms with Crippen LogP contribution in [0.4, 0.5) is 0 Å². The molecule has 84 valence electrons. The van der Waals surface area contributed by atoms with Gasteiger partial charge in [0, 0.05) is 20.7 Å². The number of imidazole rings is 1. The molecule has 3 rings (SSSR count). The molecule has 0 atom stereocenters. The van der Waals surface area contributed by atoms with Crippen molar-refractivity contribution in [2.45, 2.75) is 0 Å². The Labute approximate surface area is 115 Å². The Kier molecular flexibility index (Phi) is 2.72. The normalized spacial score (nSPS) is 10.9. The molecule has 0 aliphatic heterocycles. The molecular weight excluding hydrogens is 346 g/mol. The SMILES string of the molecule is Brc1ccc(Br)c(-c2nc3ncccc3[nH]2)c1. The number of H-pyrrole nitrogens is 1. The van der Waals surface area contributed by atoms with Gasteiger partial charge in [-0.3, -0.25) is 0 Å². The number of pyridine rings is 1. The first-order valence-electron chi connectivity index (χ1n) is 5.00. The summed E-state index contributed by atoms with van der Waals surface area (Å²) in [7, 11) is 0. The summed E-state index contributed by atoms with van der Waals surface area (Å²) in [5, 5.41) is 0. The van der Waals surface area contributed by atoms with E-state index in [2.05, 4.69) is 46.8 Å². The van der Waals surface area contributed by atoms with E-state index in [1.165, 1.54) is 0 Å². The van der Waals surface area contributed by atoms with Crippen molar-refractivity contribution in [1.29, 1.82) is 0 Å². The van der Waals surface area contributed by atoms with Crippen LogP contribution in [0, 0.1) is 0 Å². The number of rotatable bonds is 1. The van der Waals surface area contributed by atoms with Crippen molar-refractivity contribution < 1.29 is 0 Å². The van der Waals surface area contributed by atoms with E-state index in [0.29, 0.717) is 0 Å². The molecule has 0 amide bonds. The van der Waals surface area contributed by atoms with Crippen LogP contribution in [0.15, 0.2) is 45.5 Å². The zero-order chi connectivity index (χ0) is 11.8. The molecular formula is C12H7Br2N3. The number of fused-ring (bicyclic) bond motifs is 1. The van der Waals surface area contributed by atoms with E-state index in [1.54, 1.807) is 6.20 Å². The molecule has 17 heavy (non-hydrogen) atoms. The van der Waals surface area contributed by atoms with Crippen LogP contribution in [0.1, 0.15) is 0 Å². The smallest absolute Gasteiger partial charge is 0.178 e. The summed E-state index contributed by atoms with van der Waals surface area (Å²) in [6, 6.07) is 9.83. The number of nitrogens with one attached hydrogen (secondary N) is 1. The first-order chi connectivity index (χ1) is 8.24. The molecule has 2 aromatic heterocycles. The van der Waals surface area contributed by atoms with Gasteiger partial charge < -0.3 is 4.98 Å². The third kappa shape index (κ3) is 2.00. The van der Waals surface area contributed by atoms with Gasteiger partial charge in [0.15, 0.2) is 5.65 Å². The Morgan fingerprint density at radius 3 is 2.82 bits per heavy atom. The molecule has 0 fully saturated rings. The van der Waals surface area contributed by atoms with E-state index in [4.69, 9.17) is 0 Å². The zero-order valence-electron chi connectivity index (χ0n) is 8.61. The number of hydrogen-bond acceptors (Lipinski definition) is 2. The molecule has 0 saturated heterocycles. The summed E-state index contributed by atoms with van der Waals surface area (Å²) in [6.45, 7) is 0. The van der Waals surface area contributed by atoms with Crippen LogP contribution >= 0.6 is 31.9 Å².